The molecule has 4 heterocycles. The Morgan fingerprint density at radius 2 is 1.23 bits per heavy atom. The highest BCUT2D eigenvalue weighted by Crippen LogP contribution is 2.57. The summed E-state index contributed by atoms with van der Waals surface area (Å²) in [5, 5.41) is 5.78. The van der Waals surface area contributed by atoms with Gasteiger partial charge >= 0.3 is 0 Å². The number of nitrogens with one attached hydrogen (secondary N) is 4. The third-order valence-electron chi connectivity index (χ3n) is 6.68. The summed E-state index contributed by atoms with van der Waals surface area (Å²) in [6.07, 6.45) is 2.60. The quantitative estimate of drug-likeness (QED) is 0.554. The zero-order chi connectivity index (χ0) is 17.1. The Kier molecular flexibility index (Phi) is 4.39. The molecule has 8 heteroatoms. The average molecular weight is 423 g/mol. The number of hydrogen-bond acceptors (Lipinski definition) is 8. The largest absolute Gasteiger partial charge is 0.243 e. The fourth-order valence-corrected chi connectivity index (χ4v) is 9.84. The van der Waals surface area contributed by atoms with E-state index in [1.165, 1.54) is 12.8 Å². The minimum atomic E-state index is 0.549. The van der Waals surface area contributed by atoms with Gasteiger partial charge in [-0.05, 0) is 47.6 Å². The van der Waals surface area contributed by atoms with Crippen LogP contribution in [0.15, 0.2) is 35.0 Å². The number of fused-ring (bicyclic) bond motifs is 5. The van der Waals surface area contributed by atoms with Crippen LogP contribution in [-0.4, -0.2) is 22.6 Å². The predicted octanol–water partition coefficient (Wildman–Crippen LogP) is 3.70. The molecule has 6 rings (SSSR count). The van der Waals surface area contributed by atoms with Crippen molar-refractivity contribution in [1.29, 1.82) is 0 Å². The maximum Gasteiger partial charge on any atom is 0.0433 e. The maximum absolute atomic E-state index is 3.62. The molecule has 0 bridgehead atoms. The summed E-state index contributed by atoms with van der Waals surface area (Å²) in [5.41, 5.74) is 7.25. The fourth-order valence-electron chi connectivity index (χ4n) is 5.59. The minimum Gasteiger partial charge on any atom is -0.243 e. The van der Waals surface area contributed by atoms with Crippen LogP contribution in [0.5, 0.6) is 0 Å². The van der Waals surface area contributed by atoms with Crippen molar-refractivity contribution in [2.24, 2.45) is 11.8 Å². The first kappa shape index (κ1) is 16.9. The van der Waals surface area contributed by atoms with Gasteiger partial charge in [-0.2, -0.15) is 0 Å². The molecule has 26 heavy (non-hydrogen) atoms. The van der Waals surface area contributed by atoms with Gasteiger partial charge in [-0.25, -0.2) is 20.5 Å². The third kappa shape index (κ3) is 2.58. The van der Waals surface area contributed by atoms with Crippen LogP contribution in [0, 0.1) is 11.8 Å². The first-order chi connectivity index (χ1) is 12.9. The molecule has 2 aliphatic carbocycles. The molecule has 0 amide bonds. The van der Waals surface area contributed by atoms with Crippen molar-refractivity contribution in [3.63, 3.8) is 0 Å². The smallest absolute Gasteiger partial charge is 0.0433 e. The van der Waals surface area contributed by atoms with Crippen molar-refractivity contribution in [3.05, 3.63) is 44.8 Å². The normalized spacial score (nSPS) is 44.5. The van der Waals surface area contributed by atoms with Crippen LogP contribution < -0.4 is 20.5 Å². The lowest BCUT2D eigenvalue weighted by Crippen LogP contribution is -2.56. The molecule has 8 unspecified atom stereocenters. The first-order valence-electron chi connectivity index (χ1n) is 9.29. The standard InChI is InChI=1S/C18H22N4S4/c1-3-13(23-5-1)11-7-9-10(17-15(11)19-21-25-17)8-12(14-4-2-6-24-14)16-18(9)26-22-20-16/h1-6,9-12,15-22H,7-8H2. The molecule has 0 radical (unpaired) electrons. The van der Waals surface area contributed by atoms with Gasteiger partial charge in [0.1, 0.15) is 0 Å². The Bertz CT molecular complexity index is 687. The van der Waals surface area contributed by atoms with E-state index in [1.54, 1.807) is 9.75 Å². The Labute approximate surface area is 170 Å². The third-order valence-corrected chi connectivity index (χ3v) is 11.0. The van der Waals surface area contributed by atoms with Gasteiger partial charge in [-0.15, -0.1) is 22.7 Å². The van der Waals surface area contributed by atoms with E-state index in [2.05, 4.69) is 55.5 Å². The maximum atomic E-state index is 3.62. The summed E-state index contributed by atoms with van der Waals surface area (Å²) in [7, 11) is 0. The van der Waals surface area contributed by atoms with E-state index < -0.39 is 0 Å². The molecule has 8 atom stereocenters. The Morgan fingerprint density at radius 3 is 1.65 bits per heavy atom. The summed E-state index contributed by atoms with van der Waals surface area (Å²) in [6.45, 7) is 0. The second kappa shape index (κ2) is 6.77. The molecule has 4 fully saturated rings. The van der Waals surface area contributed by atoms with Crippen LogP contribution in [0.25, 0.3) is 0 Å². The lowest BCUT2D eigenvalue weighted by molar-refractivity contribution is 0.117. The van der Waals surface area contributed by atoms with Gasteiger partial charge in [0, 0.05) is 44.2 Å². The van der Waals surface area contributed by atoms with E-state index in [0.717, 1.165) is 11.8 Å². The van der Waals surface area contributed by atoms with Crippen molar-refractivity contribution >= 4 is 46.6 Å². The molecule has 138 valence electrons. The van der Waals surface area contributed by atoms with Crippen molar-refractivity contribution in [2.75, 3.05) is 0 Å². The number of thiophene rings is 2. The van der Waals surface area contributed by atoms with Gasteiger partial charge in [0.05, 0.1) is 0 Å². The van der Waals surface area contributed by atoms with Crippen molar-refractivity contribution in [1.82, 2.24) is 20.5 Å². The van der Waals surface area contributed by atoms with Crippen LogP contribution >= 0.6 is 46.6 Å². The van der Waals surface area contributed by atoms with Crippen molar-refractivity contribution < 1.29 is 0 Å². The van der Waals surface area contributed by atoms with Gasteiger partial charge in [0.15, 0.2) is 0 Å². The molecule has 4 N–H and O–H groups in total. The van der Waals surface area contributed by atoms with E-state index in [0.29, 0.717) is 34.4 Å². The summed E-state index contributed by atoms with van der Waals surface area (Å²) in [4.78, 5) is 9.97. The molecule has 4 aliphatic rings. The average Bonchev–Trinajstić information content (AvgIpc) is 3.48. The van der Waals surface area contributed by atoms with Crippen molar-refractivity contribution in [2.45, 2.75) is 47.3 Å². The van der Waals surface area contributed by atoms with Crippen LogP contribution in [0.1, 0.15) is 34.4 Å². The SMILES string of the molecule is c1csc(C2CC3C(CC(c4cccs4)C4NNSC34)C3SNNC23)c1. The summed E-state index contributed by atoms with van der Waals surface area (Å²) >= 11 is 7.74. The van der Waals surface area contributed by atoms with E-state index >= 15 is 0 Å². The molecular weight excluding hydrogens is 400 g/mol. The lowest BCUT2D eigenvalue weighted by atomic mass is 9.61. The van der Waals surface area contributed by atoms with E-state index in [-0.39, 0.29) is 0 Å². The molecule has 2 saturated heterocycles. The molecule has 4 nitrogen and oxygen atoms in total. The van der Waals surface area contributed by atoms with Crippen LogP contribution in [-0.2, 0) is 0 Å². The van der Waals surface area contributed by atoms with Crippen LogP contribution in [0.3, 0.4) is 0 Å². The second-order valence-electron chi connectivity index (χ2n) is 7.75. The van der Waals surface area contributed by atoms with Gasteiger partial charge in [0.2, 0.25) is 0 Å². The summed E-state index contributed by atoms with van der Waals surface area (Å²) in [5.74, 6) is 2.80. The molecule has 0 spiro atoms. The topological polar surface area (TPSA) is 48.1 Å². The number of rotatable bonds is 2. The molecular formula is C18H22N4S4. The summed E-state index contributed by atoms with van der Waals surface area (Å²) < 4.78 is 0. The van der Waals surface area contributed by atoms with Gasteiger partial charge < -0.3 is 0 Å². The van der Waals surface area contributed by atoms with Gasteiger partial charge in [0.25, 0.3) is 0 Å². The lowest BCUT2D eigenvalue weighted by Gasteiger charge is -2.51. The highest BCUT2D eigenvalue weighted by atomic mass is 32.2. The van der Waals surface area contributed by atoms with Gasteiger partial charge in [-0.3, -0.25) is 0 Å². The zero-order valence-corrected chi connectivity index (χ0v) is 17.4. The molecule has 2 aromatic heterocycles. The Balaban J connectivity index is 1.37. The Morgan fingerprint density at radius 1 is 0.731 bits per heavy atom. The van der Waals surface area contributed by atoms with Crippen LogP contribution in [0.2, 0.25) is 0 Å². The molecule has 2 aromatic rings. The molecule has 0 aromatic carbocycles. The van der Waals surface area contributed by atoms with Crippen molar-refractivity contribution in [3.8, 4) is 0 Å². The first-order valence-corrected chi connectivity index (χ1v) is 12.8. The Hall–Kier alpha value is -0.0600. The summed E-state index contributed by atoms with van der Waals surface area (Å²) in [6, 6.07) is 10.2. The van der Waals surface area contributed by atoms with Gasteiger partial charge in [-0.1, -0.05) is 36.0 Å². The van der Waals surface area contributed by atoms with E-state index in [1.807, 2.05) is 46.6 Å². The van der Waals surface area contributed by atoms with Crippen LogP contribution in [0.4, 0.5) is 0 Å². The predicted molar refractivity (Wildman–Crippen MR) is 113 cm³/mol. The fraction of sp³-hybridized carbons (Fsp3) is 0.556. The zero-order valence-electron chi connectivity index (χ0n) is 14.1. The number of hydrogen-bond donors (Lipinski definition) is 4. The molecule has 2 saturated carbocycles. The highest BCUT2D eigenvalue weighted by Gasteiger charge is 2.57. The van der Waals surface area contributed by atoms with E-state index in [9.17, 15) is 0 Å². The highest BCUT2D eigenvalue weighted by molar-refractivity contribution is 7.98. The second-order valence-corrected chi connectivity index (χ2v) is 11.7. The van der Waals surface area contributed by atoms with E-state index in [4.69, 9.17) is 0 Å². The monoisotopic (exact) mass is 422 g/mol. The molecule has 2 aliphatic heterocycles. The number of hydrazine groups is 2. The minimum absolute atomic E-state index is 0.549.